The van der Waals surface area contributed by atoms with E-state index in [0.717, 1.165) is 11.3 Å². The van der Waals surface area contributed by atoms with Crippen molar-refractivity contribution in [3.8, 4) is 5.75 Å². The minimum Gasteiger partial charge on any atom is -0.497 e. The highest BCUT2D eigenvalue weighted by atomic mass is 35.5. The lowest BCUT2D eigenvalue weighted by atomic mass is 10.2. The summed E-state index contributed by atoms with van der Waals surface area (Å²) in [7, 11) is 3.08. The van der Waals surface area contributed by atoms with E-state index in [1.54, 1.807) is 7.11 Å². The predicted octanol–water partition coefficient (Wildman–Crippen LogP) is 2.70. The maximum Gasteiger partial charge on any atom is 0.269 e. The molecule has 1 unspecified atom stereocenters. The van der Waals surface area contributed by atoms with Gasteiger partial charge in [-0.3, -0.25) is 4.79 Å². The third-order valence-corrected chi connectivity index (χ3v) is 3.73. The molecule has 0 saturated carbocycles. The summed E-state index contributed by atoms with van der Waals surface area (Å²) in [5.74, 6) is 0.434. The molecule has 0 bridgehead atoms. The Bertz CT molecular complexity index is 513. The van der Waals surface area contributed by atoms with Crippen LogP contribution in [0.25, 0.3) is 0 Å². The third-order valence-electron chi connectivity index (χ3n) is 2.89. The Morgan fingerprint density at radius 1 is 1.21 bits per heavy atom. The van der Waals surface area contributed by atoms with Crippen molar-refractivity contribution in [2.24, 2.45) is 0 Å². The summed E-state index contributed by atoms with van der Waals surface area (Å²) < 4.78 is 10.3. The van der Waals surface area contributed by atoms with Crippen molar-refractivity contribution in [1.29, 1.82) is 0 Å². The molecular weight excluding hydrogens is 289 g/mol. The number of amides is 1. The van der Waals surface area contributed by atoms with Gasteiger partial charge in [0.05, 0.1) is 12.1 Å². The first-order valence-electron chi connectivity index (χ1n) is 5.60. The summed E-state index contributed by atoms with van der Waals surface area (Å²) >= 11 is 11.8. The molecule has 2 rings (SSSR count). The van der Waals surface area contributed by atoms with Gasteiger partial charge in [-0.15, -0.1) is 0 Å². The summed E-state index contributed by atoms with van der Waals surface area (Å²) in [6.07, 6.45) is -0.622. The van der Waals surface area contributed by atoms with E-state index in [0.29, 0.717) is 6.54 Å². The molecule has 4 nitrogen and oxygen atoms in total. The SMILES string of the molecule is COc1ccc(CN2C(=O)C(Cl)=C(Cl)C2OC)cc1. The Morgan fingerprint density at radius 3 is 2.37 bits per heavy atom. The van der Waals surface area contributed by atoms with Crippen molar-refractivity contribution in [3.05, 3.63) is 39.9 Å². The van der Waals surface area contributed by atoms with Crippen molar-refractivity contribution in [1.82, 2.24) is 4.90 Å². The third kappa shape index (κ3) is 2.71. The van der Waals surface area contributed by atoms with E-state index >= 15 is 0 Å². The molecule has 0 N–H and O–H groups in total. The number of methoxy groups -OCH3 is 2. The predicted molar refractivity (Wildman–Crippen MR) is 73.1 cm³/mol. The Hall–Kier alpha value is -1.23. The molecule has 1 amide bonds. The molecule has 1 heterocycles. The summed E-state index contributed by atoms with van der Waals surface area (Å²) in [5, 5.41) is 0.240. The Labute approximate surface area is 121 Å². The first-order chi connectivity index (χ1) is 9.08. The molecule has 19 heavy (non-hydrogen) atoms. The maximum atomic E-state index is 12.0. The number of ether oxygens (including phenoxy) is 2. The second-order valence-electron chi connectivity index (χ2n) is 4.03. The molecule has 1 aliphatic rings. The number of benzene rings is 1. The number of hydrogen-bond acceptors (Lipinski definition) is 3. The van der Waals surface area contributed by atoms with Crippen LogP contribution in [0.5, 0.6) is 5.75 Å². The van der Waals surface area contributed by atoms with Gasteiger partial charge in [0.2, 0.25) is 0 Å². The van der Waals surface area contributed by atoms with E-state index < -0.39 is 6.23 Å². The standard InChI is InChI=1S/C13H13Cl2NO3/c1-18-9-5-3-8(4-6-9)7-16-12(17)10(14)11(15)13(16)19-2/h3-6,13H,7H2,1-2H3. The Kier molecular flexibility index (Phi) is 4.34. The van der Waals surface area contributed by atoms with Crippen molar-refractivity contribution >= 4 is 29.1 Å². The van der Waals surface area contributed by atoms with Crippen LogP contribution in [0.1, 0.15) is 5.56 Å². The Balaban J connectivity index is 2.16. The van der Waals surface area contributed by atoms with E-state index in [9.17, 15) is 4.79 Å². The zero-order chi connectivity index (χ0) is 14.0. The highest BCUT2D eigenvalue weighted by Gasteiger charge is 2.37. The number of nitrogens with zero attached hydrogens (tertiary/aromatic N) is 1. The monoisotopic (exact) mass is 301 g/mol. The van der Waals surface area contributed by atoms with Crippen LogP contribution in [0.2, 0.25) is 0 Å². The highest BCUT2D eigenvalue weighted by Crippen LogP contribution is 2.32. The molecule has 0 radical (unpaired) electrons. The summed E-state index contributed by atoms with van der Waals surface area (Å²) in [5.41, 5.74) is 0.937. The van der Waals surface area contributed by atoms with Crippen LogP contribution in [0.4, 0.5) is 0 Å². The zero-order valence-electron chi connectivity index (χ0n) is 10.5. The molecule has 1 atom stereocenters. The van der Waals surface area contributed by atoms with Gasteiger partial charge in [-0.2, -0.15) is 0 Å². The van der Waals surface area contributed by atoms with Gasteiger partial charge in [-0.1, -0.05) is 35.3 Å². The molecule has 0 fully saturated rings. The van der Waals surface area contributed by atoms with Gasteiger partial charge in [0.1, 0.15) is 10.8 Å². The molecule has 1 aromatic carbocycles. The Morgan fingerprint density at radius 2 is 1.84 bits per heavy atom. The van der Waals surface area contributed by atoms with Crippen LogP contribution in [-0.4, -0.2) is 31.3 Å². The molecule has 0 aliphatic carbocycles. The van der Waals surface area contributed by atoms with E-state index in [2.05, 4.69) is 0 Å². The number of carbonyl (C=O) groups excluding carboxylic acids is 1. The van der Waals surface area contributed by atoms with E-state index in [1.165, 1.54) is 12.0 Å². The van der Waals surface area contributed by atoms with Gasteiger partial charge in [-0.05, 0) is 17.7 Å². The van der Waals surface area contributed by atoms with Gasteiger partial charge >= 0.3 is 0 Å². The summed E-state index contributed by atoms with van der Waals surface area (Å²) in [6.45, 7) is 0.369. The average Bonchev–Trinajstić information content (AvgIpc) is 2.64. The van der Waals surface area contributed by atoms with Crippen LogP contribution in [-0.2, 0) is 16.1 Å². The van der Waals surface area contributed by atoms with E-state index in [4.69, 9.17) is 32.7 Å². The first kappa shape index (κ1) is 14.2. The highest BCUT2D eigenvalue weighted by molar-refractivity contribution is 6.49. The normalized spacial score (nSPS) is 19.3. The fourth-order valence-electron chi connectivity index (χ4n) is 1.89. The zero-order valence-corrected chi connectivity index (χ0v) is 12.0. The van der Waals surface area contributed by atoms with Crippen LogP contribution < -0.4 is 4.74 Å². The minimum absolute atomic E-state index is 0.0158. The smallest absolute Gasteiger partial charge is 0.269 e. The van der Waals surface area contributed by atoms with Crippen LogP contribution in [0, 0.1) is 0 Å². The lowest BCUT2D eigenvalue weighted by Gasteiger charge is -2.24. The average molecular weight is 302 g/mol. The molecular formula is C13H13Cl2NO3. The number of halogens is 2. The van der Waals surface area contributed by atoms with Gasteiger partial charge in [-0.25, -0.2) is 0 Å². The lowest BCUT2D eigenvalue weighted by Crippen LogP contribution is -2.35. The van der Waals surface area contributed by atoms with Gasteiger partial charge in [0.25, 0.3) is 5.91 Å². The molecule has 0 saturated heterocycles. The van der Waals surface area contributed by atoms with Crippen molar-refractivity contribution in [2.45, 2.75) is 12.8 Å². The van der Waals surface area contributed by atoms with Crippen molar-refractivity contribution < 1.29 is 14.3 Å². The van der Waals surface area contributed by atoms with Crippen LogP contribution in [0.15, 0.2) is 34.3 Å². The summed E-state index contributed by atoms with van der Waals surface area (Å²) in [4.78, 5) is 13.4. The van der Waals surface area contributed by atoms with Crippen molar-refractivity contribution in [3.63, 3.8) is 0 Å². The molecule has 102 valence electrons. The van der Waals surface area contributed by atoms with Gasteiger partial charge in [0.15, 0.2) is 6.23 Å². The molecule has 6 heteroatoms. The second-order valence-corrected chi connectivity index (χ2v) is 4.82. The molecule has 0 spiro atoms. The maximum absolute atomic E-state index is 12.0. The first-order valence-corrected chi connectivity index (χ1v) is 6.36. The lowest BCUT2D eigenvalue weighted by molar-refractivity contribution is -0.133. The fraction of sp³-hybridized carbons (Fsp3) is 0.308. The quantitative estimate of drug-likeness (QED) is 0.858. The van der Waals surface area contributed by atoms with E-state index in [1.807, 2.05) is 24.3 Å². The summed E-state index contributed by atoms with van der Waals surface area (Å²) in [6, 6.07) is 7.40. The number of hydrogen-bond donors (Lipinski definition) is 0. The van der Waals surface area contributed by atoms with Crippen LogP contribution >= 0.6 is 23.2 Å². The van der Waals surface area contributed by atoms with Gasteiger partial charge < -0.3 is 14.4 Å². The van der Waals surface area contributed by atoms with Gasteiger partial charge in [0, 0.05) is 13.7 Å². The minimum atomic E-state index is -0.622. The largest absolute Gasteiger partial charge is 0.497 e. The number of rotatable bonds is 4. The van der Waals surface area contributed by atoms with Crippen LogP contribution in [0.3, 0.4) is 0 Å². The molecule has 0 aromatic heterocycles. The number of carbonyl (C=O) groups is 1. The van der Waals surface area contributed by atoms with Crippen molar-refractivity contribution in [2.75, 3.05) is 14.2 Å². The molecule has 1 aromatic rings. The topological polar surface area (TPSA) is 38.8 Å². The van der Waals surface area contributed by atoms with E-state index in [-0.39, 0.29) is 16.0 Å². The second kappa shape index (κ2) is 5.82. The fourth-order valence-corrected chi connectivity index (χ4v) is 2.38. The molecule has 1 aliphatic heterocycles.